The summed E-state index contributed by atoms with van der Waals surface area (Å²) in [4.78, 5) is 12.7. The van der Waals surface area contributed by atoms with Crippen molar-refractivity contribution < 1.29 is 17.9 Å². The molecule has 1 heterocycles. The Bertz CT molecular complexity index is 1440. The Morgan fingerprint density at radius 1 is 1.00 bits per heavy atom. The lowest BCUT2D eigenvalue weighted by Crippen LogP contribution is -2.17. The Hall–Kier alpha value is -3.20. The third-order valence-corrected chi connectivity index (χ3v) is 7.31. The molecule has 0 aliphatic carbocycles. The second-order valence-corrected chi connectivity index (χ2v) is 9.83. The first-order chi connectivity index (χ1) is 15.9. The summed E-state index contributed by atoms with van der Waals surface area (Å²) in [6.45, 7) is 2.44. The maximum Gasteiger partial charge on any atom is 0.343 e. The molecule has 0 unspecified atom stereocenters. The van der Waals surface area contributed by atoms with Crippen molar-refractivity contribution in [3.8, 4) is 17.0 Å². The number of carbonyl (C=O) groups excluding carboxylic acids is 1. The fraction of sp³-hybridized carbons (Fsp3) is 0.0833. The maximum absolute atomic E-state index is 12.7. The molecule has 4 rings (SSSR count). The molecule has 0 spiro atoms. The van der Waals surface area contributed by atoms with Gasteiger partial charge in [0, 0.05) is 16.9 Å². The van der Waals surface area contributed by atoms with Gasteiger partial charge in [0.25, 0.3) is 10.0 Å². The van der Waals surface area contributed by atoms with Crippen LogP contribution in [0.4, 0.5) is 0 Å². The average Bonchev–Trinajstić information content (AvgIpc) is 3.22. The summed E-state index contributed by atoms with van der Waals surface area (Å²) >= 11 is 7.09. The first-order valence-corrected chi connectivity index (χ1v) is 12.7. The van der Waals surface area contributed by atoms with Crippen LogP contribution >= 0.6 is 22.9 Å². The summed E-state index contributed by atoms with van der Waals surface area (Å²) in [5.41, 5.74) is 2.13. The van der Waals surface area contributed by atoms with E-state index in [4.69, 9.17) is 16.3 Å². The smallest absolute Gasteiger partial charge is 0.343 e. The number of halogens is 1. The van der Waals surface area contributed by atoms with Gasteiger partial charge in [-0.3, -0.25) is 0 Å². The number of benzene rings is 3. The highest BCUT2D eigenvalue weighted by Crippen LogP contribution is 2.24. The van der Waals surface area contributed by atoms with Crippen molar-refractivity contribution in [2.24, 2.45) is 4.40 Å². The molecular weight excluding hydrogens is 480 g/mol. The molecule has 0 fully saturated rings. The summed E-state index contributed by atoms with van der Waals surface area (Å²) in [7, 11) is -3.88. The normalized spacial score (nSPS) is 12.0. The molecule has 0 saturated heterocycles. The van der Waals surface area contributed by atoms with Gasteiger partial charge in [-0.25, -0.2) is 4.79 Å². The number of ether oxygens (including phenoxy) is 1. The molecule has 0 aliphatic rings. The Morgan fingerprint density at radius 3 is 2.30 bits per heavy atom. The summed E-state index contributed by atoms with van der Waals surface area (Å²) in [6.07, 6.45) is 0. The van der Waals surface area contributed by atoms with Crippen molar-refractivity contribution >= 4 is 38.9 Å². The lowest BCUT2D eigenvalue weighted by Gasteiger charge is -2.08. The number of hydrogen-bond acceptors (Lipinski definition) is 5. The van der Waals surface area contributed by atoms with Gasteiger partial charge in [-0.05, 0) is 73.2 Å². The van der Waals surface area contributed by atoms with Gasteiger partial charge < -0.3 is 9.30 Å². The number of thiazole rings is 1. The Morgan fingerprint density at radius 2 is 1.67 bits per heavy atom. The van der Waals surface area contributed by atoms with Gasteiger partial charge in [-0.15, -0.1) is 15.7 Å². The third-order valence-electron chi connectivity index (χ3n) is 4.79. The SMILES string of the molecule is CCn1c(-c2ccc(OC(=O)c3ccccc3)cc2)csc1=NS(=O)(=O)c1ccc(Cl)cc1. The van der Waals surface area contributed by atoms with E-state index in [0.29, 0.717) is 27.7 Å². The molecule has 0 amide bonds. The molecule has 4 aromatic rings. The van der Waals surface area contributed by atoms with Crippen molar-refractivity contribution in [3.05, 3.63) is 99.6 Å². The maximum atomic E-state index is 12.7. The Kier molecular flexibility index (Phi) is 6.78. The van der Waals surface area contributed by atoms with Gasteiger partial charge in [0.1, 0.15) is 5.75 Å². The molecule has 168 valence electrons. The van der Waals surface area contributed by atoms with Gasteiger partial charge in [-0.1, -0.05) is 29.8 Å². The number of aromatic nitrogens is 1. The summed E-state index contributed by atoms with van der Waals surface area (Å²) < 4.78 is 36.7. The first kappa shape index (κ1) is 23.0. The van der Waals surface area contributed by atoms with E-state index >= 15 is 0 Å². The van der Waals surface area contributed by atoms with Gasteiger partial charge in [0.05, 0.1) is 16.2 Å². The monoisotopic (exact) mass is 498 g/mol. The number of esters is 1. The Labute approximate surface area is 200 Å². The fourth-order valence-corrected chi connectivity index (χ4v) is 5.45. The van der Waals surface area contributed by atoms with E-state index < -0.39 is 16.0 Å². The van der Waals surface area contributed by atoms with Crippen LogP contribution in [0.2, 0.25) is 5.02 Å². The second kappa shape index (κ2) is 9.74. The molecule has 0 radical (unpaired) electrons. The lowest BCUT2D eigenvalue weighted by molar-refractivity contribution is 0.0734. The highest BCUT2D eigenvalue weighted by Gasteiger charge is 2.15. The molecule has 9 heteroatoms. The van der Waals surface area contributed by atoms with E-state index in [0.717, 1.165) is 11.3 Å². The predicted molar refractivity (Wildman–Crippen MR) is 129 cm³/mol. The van der Waals surface area contributed by atoms with Crippen LogP contribution in [-0.4, -0.2) is 19.0 Å². The van der Waals surface area contributed by atoms with E-state index in [1.807, 2.05) is 35.1 Å². The van der Waals surface area contributed by atoms with Crippen LogP contribution in [0.15, 0.2) is 93.5 Å². The minimum atomic E-state index is -3.88. The number of sulfonamides is 1. The molecule has 0 bridgehead atoms. The number of carbonyl (C=O) groups is 1. The van der Waals surface area contributed by atoms with Crippen LogP contribution in [0.25, 0.3) is 11.3 Å². The van der Waals surface area contributed by atoms with E-state index in [9.17, 15) is 13.2 Å². The van der Waals surface area contributed by atoms with Crippen LogP contribution < -0.4 is 9.54 Å². The zero-order valence-electron chi connectivity index (χ0n) is 17.5. The van der Waals surface area contributed by atoms with E-state index in [2.05, 4.69) is 4.40 Å². The van der Waals surface area contributed by atoms with Crippen LogP contribution in [0.1, 0.15) is 17.3 Å². The molecular formula is C24H19ClN2O4S2. The molecule has 1 aromatic heterocycles. The molecule has 33 heavy (non-hydrogen) atoms. The van der Waals surface area contributed by atoms with Gasteiger partial charge in [0.2, 0.25) is 4.80 Å². The Balaban J connectivity index is 1.61. The van der Waals surface area contributed by atoms with Crippen molar-refractivity contribution in [3.63, 3.8) is 0 Å². The molecule has 0 saturated carbocycles. The third kappa shape index (κ3) is 5.24. The van der Waals surface area contributed by atoms with Crippen molar-refractivity contribution in [1.82, 2.24) is 4.57 Å². The average molecular weight is 499 g/mol. The first-order valence-electron chi connectivity index (χ1n) is 10.00. The van der Waals surface area contributed by atoms with E-state index in [-0.39, 0.29) is 4.90 Å². The van der Waals surface area contributed by atoms with Crippen LogP contribution in [0.3, 0.4) is 0 Å². The largest absolute Gasteiger partial charge is 0.423 e. The minimum absolute atomic E-state index is 0.0779. The molecule has 0 N–H and O–H groups in total. The van der Waals surface area contributed by atoms with Crippen molar-refractivity contribution in [1.29, 1.82) is 0 Å². The summed E-state index contributed by atoms with van der Waals surface area (Å²) in [6, 6.07) is 21.7. The standard InChI is InChI=1S/C24H19ClN2O4S2/c1-2-27-22(16-32-24(27)26-33(29,30)21-14-10-19(25)11-15-21)17-8-12-20(13-9-17)31-23(28)18-6-4-3-5-7-18/h3-16H,2H2,1H3. The quantitative estimate of drug-likeness (QED) is 0.263. The highest BCUT2D eigenvalue weighted by molar-refractivity contribution is 7.90. The summed E-state index contributed by atoms with van der Waals surface area (Å²) in [5, 5.41) is 2.30. The van der Waals surface area contributed by atoms with Crippen LogP contribution in [0.5, 0.6) is 5.75 Å². The van der Waals surface area contributed by atoms with E-state index in [1.54, 1.807) is 36.4 Å². The molecule has 0 atom stereocenters. The zero-order valence-corrected chi connectivity index (χ0v) is 19.9. The predicted octanol–water partition coefficient (Wildman–Crippen LogP) is 5.40. The fourth-order valence-electron chi connectivity index (χ4n) is 3.14. The van der Waals surface area contributed by atoms with Crippen LogP contribution in [-0.2, 0) is 16.6 Å². The summed E-state index contributed by atoms with van der Waals surface area (Å²) in [5.74, 6) is -0.0166. The molecule has 3 aromatic carbocycles. The molecule has 0 aliphatic heterocycles. The number of nitrogens with zero attached hydrogens (tertiary/aromatic N) is 2. The van der Waals surface area contributed by atoms with Crippen LogP contribution in [0, 0.1) is 0 Å². The van der Waals surface area contributed by atoms with Crippen molar-refractivity contribution in [2.45, 2.75) is 18.4 Å². The molecule has 6 nitrogen and oxygen atoms in total. The zero-order chi connectivity index (χ0) is 23.4. The minimum Gasteiger partial charge on any atom is -0.423 e. The second-order valence-electron chi connectivity index (χ2n) is 6.95. The number of hydrogen-bond donors (Lipinski definition) is 0. The van der Waals surface area contributed by atoms with Gasteiger partial charge in [-0.2, -0.15) is 8.42 Å². The van der Waals surface area contributed by atoms with E-state index in [1.165, 1.54) is 35.6 Å². The van der Waals surface area contributed by atoms with Gasteiger partial charge in [0.15, 0.2) is 0 Å². The number of rotatable bonds is 6. The topological polar surface area (TPSA) is 77.7 Å². The highest BCUT2D eigenvalue weighted by atomic mass is 35.5. The van der Waals surface area contributed by atoms with Crippen molar-refractivity contribution in [2.75, 3.05) is 0 Å². The van der Waals surface area contributed by atoms with Gasteiger partial charge >= 0.3 is 5.97 Å². The lowest BCUT2D eigenvalue weighted by atomic mass is 10.1.